The van der Waals surface area contributed by atoms with Gasteiger partial charge in [-0.1, -0.05) is 11.0 Å². The number of nitrogens with two attached hydrogens (primary N) is 2. The van der Waals surface area contributed by atoms with Crippen molar-refractivity contribution in [2.45, 2.75) is 24.9 Å². The maximum Gasteiger partial charge on any atom is 0.490 e. The third-order valence-electron chi connectivity index (χ3n) is 4.57. The Kier molecular flexibility index (Phi) is 9.67. The maximum absolute atomic E-state index is 12.3. The molecular weight excluding hydrogens is 595 g/mol. The molecule has 0 radical (unpaired) electrons. The van der Waals surface area contributed by atoms with E-state index in [2.05, 4.69) is 50.0 Å². The van der Waals surface area contributed by atoms with Gasteiger partial charge in [0.1, 0.15) is 19.1 Å². The predicted molar refractivity (Wildman–Crippen MR) is 126 cm³/mol. The Morgan fingerprint density at radius 2 is 1.95 bits per heavy atom. The first-order valence-corrected chi connectivity index (χ1v) is 14.7. The van der Waals surface area contributed by atoms with Crippen molar-refractivity contribution in [3.8, 4) is 11.8 Å². The first kappa shape index (κ1) is 30.8. The molecule has 0 aliphatic carbocycles. The highest BCUT2D eigenvalue weighted by atomic mass is 31.3. The number of aromatic amines is 1. The van der Waals surface area contributed by atoms with E-state index in [1.807, 2.05) is 0 Å². The predicted octanol–water partition coefficient (Wildman–Crippen LogP) is -0.704. The summed E-state index contributed by atoms with van der Waals surface area (Å²) in [5, 5.41) is 3.22. The Labute approximate surface area is 216 Å². The van der Waals surface area contributed by atoms with Gasteiger partial charge >= 0.3 is 23.5 Å². The number of hydrogen-bond acceptors (Lipinski definition) is 14. The number of H-pyrrole nitrogens is 1. The summed E-state index contributed by atoms with van der Waals surface area (Å²) in [6.07, 6.45) is -3.50. The molecule has 0 saturated carbocycles. The first-order valence-electron chi connectivity index (χ1n) is 10.2. The average molecular weight is 615 g/mol. The molecule has 0 amide bonds. The van der Waals surface area contributed by atoms with E-state index in [0.29, 0.717) is 0 Å². The third-order valence-corrected chi connectivity index (χ3v) is 8.37. The van der Waals surface area contributed by atoms with Gasteiger partial charge in [-0.25, -0.2) is 18.7 Å². The molecule has 5 atom stereocenters. The second kappa shape index (κ2) is 12.2. The lowest BCUT2D eigenvalue weighted by atomic mass is 10.2. The van der Waals surface area contributed by atoms with Crippen LogP contribution in [0, 0.1) is 11.8 Å². The number of hydrogen-bond donors (Lipinski definition) is 7. The molecule has 2 aromatic rings. The van der Waals surface area contributed by atoms with Crippen LogP contribution < -0.4 is 17.0 Å². The number of fused-ring (bicyclic) bond motifs is 1. The normalized spacial score (nSPS) is 22.4. The highest BCUT2D eigenvalue weighted by Crippen LogP contribution is 2.66. The second-order valence-corrected chi connectivity index (χ2v) is 11.7. The zero-order chi connectivity index (χ0) is 29.0. The van der Waals surface area contributed by atoms with E-state index in [0.717, 1.165) is 0 Å². The van der Waals surface area contributed by atoms with E-state index in [4.69, 9.17) is 36.3 Å². The summed E-state index contributed by atoms with van der Waals surface area (Å²) < 4.78 is 59.0. The first-order chi connectivity index (χ1) is 18.1. The van der Waals surface area contributed by atoms with Gasteiger partial charge < -0.3 is 40.5 Å². The molecule has 22 nitrogen and oxygen atoms in total. The number of phosphoric ester groups is 1. The lowest BCUT2D eigenvalue weighted by Gasteiger charge is -2.21. The lowest BCUT2D eigenvalue weighted by molar-refractivity contribution is -0.0584. The van der Waals surface area contributed by atoms with Crippen LogP contribution in [0.5, 0.6) is 0 Å². The molecule has 1 fully saturated rings. The Hall–Kier alpha value is -2.69. The fourth-order valence-corrected chi connectivity index (χ4v) is 6.33. The zero-order valence-electron chi connectivity index (χ0n) is 19.2. The van der Waals surface area contributed by atoms with Crippen LogP contribution in [-0.4, -0.2) is 71.2 Å². The molecule has 3 heterocycles. The summed E-state index contributed by atoms with van der Waals surface area (Å²) in [5.74, 6) is 4.93. The molecule has 0 bridgehead atoms. The molecule has 9 N–H and O–H groups in total. The molecule has 0 aromatic carbocycles. The quantitative estimate of drug-likeness (QED) is 0.0539. The standard InChI is InChI=1S/C14H20N9O13P3/c15-3-1-2-9-19-11-12(20-14(16)21-13(11)24)23(9)10-4-7(32-6-18-22-17)8(34-10)5-33-38(28,29)36-39(30,31)35-37(25,26)27/h7-8,10H,3-6,15H2,(H,28,29)(H,30,31)(H2,25,26,27)(H3,16,20,21,24)/t7-,8-,10-/m0/s1. The number of aromatic nitrogens is 4. The number of anilines is 1. The Morgan fingerprint density at radius 3 is 2.59 bits per heavy atom. The van der Waals surface area contributed by atoms with Gasteiger partial charge in [0.05, 0.1) is 19.3 Å². The van der Waals surface area contributed by atoms with Crippen molar-refractivity contribution in [2.75, 3.05) is 25.6 Å². The number of imidazole rings is 1. The Morgan fingerprint density at radius 1 is 1.23 bits per heavy atom. The van der Waals surface area contributed by atoms with Gasteiger partial charge in [-0.15, -0.1) is 0 Å². The molecule has 2 unspecified atom stereocenters. The largest absolute Gasteiger partial charge is 0.490 e. The number of phosphoric acid groups is 3. The molecule has 1 aliphatic rings. The number of azide groups is 1. The summed E-state index contributed by atoms with van der Waals surface area (Å²) in [6.45, 7) is -1.46. The van der Waals surface area contributed by atoms with E-state index in [9.17, 15) is 28.3 Å². The molecule has 39 heavy (non-hydrogen) atoms. The summed E-state index contributed by atoms with van der Waals surface area (Å²) in [5.41, 5.74) is 18.7. The molecule has 25 heteroatoms. The number of nitrogen functional groups attached to an aromatic ring is 1. The van der Waals surface area contributed by atoms with Crippen LogP contribution in [0.15, 0.2) is 9.91 Å². The van der Waals surface area contributed by atoms with E-state index in [-0.39, 0.29) is 35.9 Å². The van der Waals surface area contributed by atoms with Crippen LogP contribution in [0.3, 0.4) is 0 Å². The average Bonchev–Trinajstić information content (AvgIpc) is 3.35. The van der Waals surface area contributed by atoms with Gasteiger partial charge in [0.15, 0.2) is 17.0 Å². The van der Waals surface area contributed by atoms with Gasteiger partial charge in [0, 0.05) is 11.3 Å². The van der Waals surface area contributed by atoms with Crippen molar-refractivity contribution in [3.05, 3.63) is 26.6 Å². The minimum atomic E-state index is -5.76. The molecule has 1 saturated heterocycles. The van der Waals surface area contributed by atoms with Crippen molar-refractivity contribution < 1.29 is 55.9 Å². The van der Waals surface area contributed by atoms with Crippen LogP contribution in [-0.2, 0) is 36.3 Å². The third kappa shape index (κ3) is 8.40. The van der Waals surface area contributed by atoms with Crippen molar-refractivity contribution in [1.29, 1.82) is 0 Å². The van der Waals surface area contributed by atoms with E-state index in [1.54, 1.807) is 0 Å². The summed E-state index contributed by atoms with van der Waals surface area (Å²) >= 11 is 0. The summed E-state index contributed by atoms with van der Waals surface area (Å²) in [7, 11) is -16.8. The SMILES string of the molecule is [N-]=[N+]=NCO[C@H]1C[C@@H](n2c(C#CCN)nc3c(=O)[nH]c(N)nc32)O[C@H]1COP(=O)(O)OP(=O)(O)OP(=O)(O)O. The summed E-state index contributed by atoms with van der Waals surface area (Å²) in [6, 6.07) is 0. The minimum Gasteiger partial charge on any atom is -0.369 e. The van der Waals surface area contributed by atoms with Gasteiger partial charge in [-0.2, -0.15) is 13.6 Å². The van der Waals surface area contributed by atoms with Crippen molar-refractivity contribution in [2.24, 2.45) is 10.8 Å². The Balaban J connectivity index is 1.90. The fraction of sp³-hybridized carbons (Fsp3) is 0.500. The van der Waals surface area contributed by atoms with Crippen LogP contribution in [0.2, 0.25) is 0 Å². The van der Waals surface area contributed by atoms with E-state index in [1.165, 1.54) is 4.57 Å². The van der Waals surface area contributed by atoms with Gasteiger partial charge in [-0.3, -0.25) is 18.9 Å². The molecule has 3 rings (SSSR count). The molecule has 214 valence electrons. The highest BCUT2D eigenvalue weighted by molar-refractivity contribution is 7.66. The van der Waals surface area contributed by atoms with E-state index >= 15 is 0 Å². The number of rotatable bonds is 11. The maximum atomic E-state index is 12.3. The zero-order valence-corrected chi connectivity index (χ0v) is 21.9. The van der Waals surface area contributed by atoms with Crippen molar-refractivity contribution in [3.63, 3.8) is 0 Å². The number of nitrogens with zero attached hydrogens (tertiary/aromatic N) is 6. The topological polar surface area (TPSA) is 343 Å². The van der Waals surface area contributed by atoms with Crippen LogP contribution in [0.4, 0.5) is 5.95 Å². The van der Waals surface area contributed by atoms with Crippen LogP contribution >= 0.6 is 23.5 Å². The van der Waals surface area contributed by atoms with Gasteiger partial charge in [0.2, 0.25) is 5.95 Å². The molecule has 2 aromatic heterocycles. The monoisotopic (exact) mass is 615 g/mol. The van der Waals surface area contributed by atoms with Crippen LogP contribution in [0.25, 0.3) is 21.6 Å². The fourth-order valence-electron chi connectivity index (χ4n) is 3.30. The number of ether oxygens (including phenoxy) is 2. The van der Waals surface area contributed by atoms with Crippen molar-refractivity contribution >= 4 is 40.6 Å². The lowest BCUT2D eigenvalue weighted by Crippen LogP contribution is -2.29. The molecular formula is C14H20N9O13P3. The number of nitrogens with one attached hydrogen (secondary N) is 1. The Bertz CT molecular complexity index is 1540. The van der Waals surface area contributed by atoms with Crippen LogP contribution in [0.1, 0.15) is 18.5 Å². The van der Waals surface area contributed by atoms with Crippen molar-refractivity contribution in [1.82, 2.24) is 19.5 Å². The molecule has 0 spiro atoms. The minimum absolute atomic E-state index is 0.0219. The molecule has 1 aliphatic heterocycles. The highest BCUT2D eigenvalue weighted by Gasteiger charge is 2.44. The van der Waals surface area contributed by atoms with E-state index < -0.39 is 60.8 Å². The van der Waals surface area contributed by atoms with Gasteiger partial charge in [-0.05, 0) is 11.5 Å². The smallest absolute Gasteiger partial charge is 0.369 e. The second-order valence-electron chi connectivity index (χ2n) is 7.25. The summed E-state index contributed by atoms with van der Waals surface area (Å²) in [4.78, 5) is 61.7. The van der Waals surface area contributed by atoms with Gasteiger partial charge in [0.25, 0.3) is 5.56 Å².